The molecule has 7 heteroatoms. The molecule has 0 saturated carbocycles. The second-order valence-corrected chi connectivity index (χ2v) is 8.43. The van der Waals surface area contributed by atoms with Crippen molar-refractivity contribution < 1.29 is 0 Å². The molecular weight excluding hydrogens is 387 g/mol. The maximum Gasteiger partial charge on any atom is 0.225 e. The summed E-state index contributed by atoms with van der Waals surface area (Å²) in [5.74, 6) is 0.917. The van der Waals surface area contributed by atoms with Gasteiger partial charge in [-0.3, -0.25) is 0 Å². The first-order chi connectivity index (χ1) is 12.5. The molecule has 26 heavy (non-hydrogen) atoms. The van der Waals surface area contributed by atoms with Crippen molar-refractivity contribution in [1.29, 1.82) is 0 Å². The van der Waals surface area contributed by atoms with Crippen LogP contribution in [0.4, 0.5) is 5.82 Å². The van der Waals surface area contributed by atoms with E-state index in [1.165, 1.54) is 0 Å². The van der Waals surface area contributed by atoms with Crippen molar-refractivity contribution in [3.8, 4) is 11.1 Å². The molecule has 4 nitrogen and oxygen atoms in total. The van der Waals surface area contributed by atoms with Gasteiger partial charge in [-0.05, 0) is 62.3 Å². The summed E-state index contributed by atoms with van der Waals surface area (Å²) >= 11 is 13.9. The van der Waals surface area contributed by atoms with Crippen LogP contribution in [0.1, 0.15) is 12.8 Å². The van der Waals surface area contributed by atoms with Crippen molar-refractivity contribution in [1.82, 2.24) is 14.9 Å². The molecule has 3 aromatic rings. The molecule has 1 fully saturated rings. The fraction of sp³-hybridized carbons (Fsp3) is 0.368. The van der Waals surface area contributed by atoms with E-state index < -0.39 is 0 Å². The first kappa shape index (κ1) is 18.0. The zero-order valence-electron chi connectivity index (χ0n) is 14.7. The molecule has 0 aliphatic carbocycles. The van der Waals surface area contributed by atoms with Crippen molar-refractivity contribution in [2.45, 2.75) is 18.9 Å². The van der Waals surface area contributed by atoms with Gasteiger partial charge >= 0.3 is 0 Å². The average Bonchev–Trinajstić information content (AvgIpc) is 3.05. The van der Waals surface area contributed by atoms with Crippen LogP contribution in [0.3, 0.4) is 0 Å². The highest BCUT2D eigenvalue weighted by atomic mass is 35.5. The van der Waals surface area contributed by atoms with Crippen LogP contribution in [-0.2, 0) is 0 Å². The van der Waals surface area contributed by atoms with Crippen LogP contribution in [0.5, 0.6) is 0 Å². The zero-order chi connectivity index (χ0) is 18.3. The minimum Gasteiger partial charge on any atom is -0.356 e. The highest BCUT2D eigenvalue weighted by molar-refractivity contribution is 7.17. The van der Waals surface area contributed by atoms with Crippen LogP contribution in [0.15, 0.2) is 29.6 Å². The molecule has 3 heterocycles. The monoisotopic (exact) mass is 406 g/mol. The van der Waals surface area contributed by atoms with Crippen LogP contribution in [0.25, 0.3) is 21.3 Å². The third kappa shape index (κ3) is 3.41. The Morgan fingerprint density at radius 3 is 2.50 bits per heavy atom. The smallest absolute Gasteiger partial charge is 0.225 e. The van der Waals surface area contributed by atoms with Crippen molar-refractivity contribution in [3.63, 3.8) is 0 Å². The van der Waals surface area contributed by atoms with Crippen LogP contribution in [0, 0.1) is 0 Å². The number of likely N-dealkylation sites (tertiary alicyclic amines) is 1. The number of piperidine rings is 1. The normalized spacial score (nSPS) is 16.3. The lowest BCUT2D eigenvalue weighted by atomic mass is 10.0. The maximum atomic E-state index is 6.24. The van der Waals surface area contributed by atoms with Gasteiger partial charge in [-0.25, -0.2) is 4.98 Å². The van der Waals surface area contributed by atoms with Crippen LogP contribution < -0.4 is 4.90 Å². The van der Waals surface area contributed by atoms with Crippen molar-refractivity contribution in [3.05, 3.63) is 40.0 Å². The molecule has 0 N–H and O–H groups in total. The van der Waals surface area contributed by atoms with E-state index in [0.717, 1.165) is 58.1 Å². The molecule has 0 atom stereocenters. The summed E-state index contributed by atoms with van der Waals surface area (Å²) in [4.78, 5) is 14.6. The first-order valence-electron chi connectivity index (χ1n) is 8.65. The van der Waals surface area contributed by atoms with Crippen molar-refractivity contribution in [2.24, 2.45) is 0 Å². The fourth-order valence-electron chi connectivity index (χ4n) is 3.55. The first-order valence-corrected chi connectivity index (χ1v) is 10.3. The Kier molecular flexibility index (Phi) is 5.06. The number of anilines is 1. The van der Waals surface area contributed by atoms with Crippen LogP contribution >= 0.6 is 34.5 Å². The summed E-state index contributed by atoms with van der Waals surface area (Å²) < 4.78 is 0. The number of halogens is 2. The third-order valence-electron chi connectivity index (χ3n) is 5.11. The highest BCUT2D eigenvalue weighted by Crippen LogP contribution is 2.40. The lowest BCUT2D eigenvalue weighted by Gasteiger charge is -2.36. The number of benzene rings is 1. The van der Waals surface area contributed by atoms with E-state index in [0.29, 0.717) is 11.3 Å². The van der Waals surface area contributed by atoms with Gasteiger partial charge in [0.15, 0.2) is 0 Å². The fourth-order valence-corrected chi connectivity index (χ4v) is 4.83. The van der Waals surface area contributed by atoms with E-state index in [1.54, 1.807) is 11.3 Å². The molecule has 0 amide bonds. The minimum atomic E-state index is 0.303. The number of fused-ring (bicyclic) bond motifs is 1. The second-order valence-electron chi connectivity index (χ2n) is 6.80. The van der Waals surface area contributed by atoms with Gasteiger partial charge in [0.1, 0.15) is 10.6 Å². The van der Waals surface area contributed by atoms with E-state index in [2.05, 4.69) is 39.2 Å². The summed E-state index contributed by atoms with van der Waals surface area (Å²) in [5, 5.41) is 4.24. The Bertz CT molecular complexity index is 917. The molecule has 0 spiro atoms. The summed E-state index contributed by atoms with van der Waals surface area (Å²) in [6.07, 6.45) is 2.24. The summed E-state index contributed by atoms with van der Waals surface area (Å²) in [5.41, 5.74) is 2.25. The Hall–Kier alpha value is -1.40. The van der Waals surface area contributed by atoms with E-state index >= 15 is 0 Å². The molecule has 1 saturated heterocycles. The topological polar surface area (TPSA) is 32.3 Å². The minimum absolute atomic E-state index is 0.303. The van der Waals surface area contributed by atoms with Gasteiger partial charge in [-0.2, -0.15) is 4.98 Å². The van der Waals surface area contributed by atoms with E-state index in [-0.39, 0.29) is 0 Å². The van der Waals surface area contributed by atoms with Gasteiger partial charge in [0.05, 0.1) is 5.39 Å². The molecule has 0 unspecified atom stereocenters. The van der Waals surface area contributed by atoms with E-state index in [9.17, 15) is 0 Å². The maximum absolute atomic E-state index is 6.24. The summed E-state index contributed by atoms with van der Waals surface area (Å²) in [7, 11) is 4.30. The van der Waals surface area contributed by atoms with Gasteiger partial charge in [-0.15, -0.1) is 11.3 Å². The van der Waals surface area contributed by atoms with Crippen molar-refractivity contribution >= 4 is 50.6 Å². The number of thiophene rings is 1. The Labute approximate surface area is 167 Å². The largest absolute Gasteiger partial charge is 0.356 e. The molecule has 0 radical (unpaired) electrons. The van der Waals surface area contributed by atoms with Crippen LogP contribution in [0.2, 0.25) is 10.3 Å². The number of hydrogen-bond acceptors (Lipinski definition) is 5. The number of aromatic nitrogens is 2. The molecule has 4 rings (SSSR count). The van der Waals surface area contributed by atoms with Gasteiger partial charge < -0.3 is 9.80 Å². The average molecular weight is 407 g/mol. The van der Waals surface area contributed by atoms with Gasteiger partial charge in [0.2, 0.25) is 5.28 Å². The molecule has 1 aliphatic rings. The number of nitrogens with zero attached hydrogens (tertiary/aromatic N) is 4. The highest BCUT2D eigenvalue weighted by Gasteiger charge is 2.25. The van der Waals surface area contributed by atoms with E-state index in [1.807, 2.05) is 24.3 Å². The standard InChI is InChI=1S/C19H20Cl2N4S/c1-24-9-7-14(8-10-24)25(2)17-16-15(12-3-5-13(20)6-4-12)11-26-18(16)23-19(21)22-17/h3-6,11,14H,7-10H2,1-2H3. The van der Waals surface area contributed by atoms with Gasteiger partial charge in [-0.1, -0.05) is 23.7 Å². The van der Waals surface area contributed by atoms with Gasteiger partial charge in [0.25, 0.3) is 0 Å². The number of hydrogen-bond donors (Lipinski definition) is 0. The third-order valence-corrected chi connectivity index (χ3v) is 6.41. The second kappa shape index (κ2) is 7.31. The number of rotatable bonds is 3. The lowest BCUT2D eigenvalue weighted by molar-refractivity contribution is 0.252. The van der Waals surface area contributed by atoms with E-state index in [4.69, 9.17) is 23.2 Å². The molecule has 1 aromatic carbocycles. The Balaban J connectivity index is 1.80. The molecule has 0 bridgehead atoms. The molecule has 136 valence electrons. The SMILES string of the molecule is CN1CCC(N(C)c2nc(Cl)nc3scc(-c4ccc(Cl)cc4)c23)CC1. The molecule has 1 aliphatic heterocycles. The predicted molar refractivity (Wildman–Crippen MR) is 112 cm³/mol. The van der Waals surface area contributed by atoms with Crippen molar-refractivity contribution in [2.75, 3.05) is 32.1 Å². The Morgan fingerprint density at radius 2 is 1.81 bits per heavy atom. The lowest BCUT2D eigenvalue weighted by Crippen LogP contribution is -2.42. The van der Waals surface area contributed by atoms with Crippen LogP contribution in [-0.4, -0.2) is 48.1 Å². The quantitative estimate of drug-likeness (QED) is 0.559. The Morgan fingerprint density at radius 1 is 1.12 bits per heavy atom. The summed E-state index contributed by atoms with van der Waals surface area (Å²) in [6.45, 7) is 2.20. The summed E-state index contributed by atoms with van der Waals surface area (Å²) in [6, 6.07) is 8.36. The molecule has 2 aromatic heterocycles. The predicted octanol–water partition coefficient (Wildman–Crippen LogP) is 5.20. The van der Waals surface area contributed by atoms with Gasteiger partial charge in [0, 0.05) is 29.1 Å². The zero-order valence-corrected chi connectivity index (χ0v) is 17.1. The molecular formula is C19H20Cl2N4S.